The van der Waals surface area contributed by atoms with Gasteiger partial charge in [0.1, 0.15) is 24.0 Å². The van der Waals surface area contributed by atoms with Crippen molar-refractivity contribution < 1.29 is 41.8 Å². The third-order valence-corrected chi connectivity index (χ3v) is 6.97. The van der Waals surface area contributed by atoms with Crippen molar-refractivity contribution in [3.05, 3.63) is 63.2 Å². The number of carbonyl (C=O) groups excluding carboxylic acids is 1. The lowest BCUT2D eigenvalue weighted by atomic mass is 9.98. The summed E-state index contributed by atoms with van der Waals surface area (Å²) in [7, 11) is -4.37. The zero-order valence-corrected chi connectivity index (χ0v) is 21.3. The van der Waals surface area contributed by atoms with Crippen LogP contribution < -0.4 is 20.9 Å². The van der Waals surface area contributed by atoms with Crippen LogP contribution in [0.4, 0.5) is 8.78 Å². The standard InChI is InChI=1S/C22H28F2N3O9P/c1-12(2)34-19(30)13(3)26-37(32,36-14-8-6-5-7-9-14)33-11-16-17(28)22(4,24)20(35-16)27-10-15(23)18(29)25-21(27)31/h5-10,12-13,16-17,20,28H,11H2,1-4H3,(H,26,32)(H,25,29,31)/t13-,16-,17-,20?,22-,37?/m1/s1. The number of hydrogen-bond acceptors (Lipinski definition) is 9. The van der Waals surface area contributed by atoms with Gasteiger partial charge in [-0.1, -0.05) is 18.2 Å². The highest BCUT2D eigenvalue weighted by molar-refractivity contribution is 7.52. The summed E-state index contributed by atoms with van der Waals surface area (Å²) < 4.78 is 64.6. The average molecular weight is 547 g/mol. The lowest BCUT2D eigenvalue weighted by Crippen LogP contribution is -2.44. The van der Waals surface area contributed by atoms with Gasteiger partial charge in [-0.25, -0.2) is 13.8 Å². The molecule has 15 heteroatoms. The van der Waals surface area contributed by atoms with Crippen molar-refractivity contribution in [2.75, 3.05) is 6.61 Å². The van der Waals surface area contributed by atoms with Crippen molar-refractivity contribution in [2.24, 2.45) is 0 Å². The Bertz CT molecular complexity index is 1270. The Labute approximate surface area is 210 Å². The van der Waals surface area contributed by atoms with Crippen molar-refractivity contribution in [3.8, 4) is 5.75 Å². The Morgan fingerprint density at radius 1 is 1.30 bits per heavy atom. The molecule has 0 aliphatic carbocycles. The molecule has 0 radical (unpaired) electrons. The van der Waals surface area contributed by atoms with Gasteiger partial charge in [0, 0.05) is 0 Å². The molecule has 0 spiro atoms. The normalized spacial score (nSPS) is 26.0. The van der Waals surface area contributed by atoms with E-state index in [1.54, 1.807) is 37.0 Å². The minimum atomic E-state index is -4.37. The van der Waals surface area contributed by atoms with Gasteiger partial charge in [0.05, 0.1) is 18.9 Å². The van der Waals surface area contributed by atoms with E-state index in [1.165, 1.54) is 19.1 Å². The number of carbonyl (C=O) groups is 1. The van der Waals surface area contributed by atoms with Crippen molar-refractivity contribution in [2.45, 2.75) is 63.9 Å². The fraction of sp³-hybridized carbons (Fsp3) is 0.500. The van der Waals surface area contributed by atoms with Crippen molar-refractivity contribution in [1.82, 2.24) is 14.6 Å². The summed E-state index contributed by atoms with van der Waals surface area (Å²) in [4.78, 5) is 37.4. The fourth-order valence-electron chi connectivity index (χ4n) is 3.49. The van der Waals surface area contributed by atoms with Gasteiger partial charge in [-0.3, -0.25) is 23.7 Å². The first-order valence-electron chi connectivity index (χ1n) is 11.2. The van der Waals surface area contributed by atoms with Gasteiger partial charge < -0.3 is 19.1 Å². The number of H-pyrrole nitrogens is 1. The number of para-hydroxylation sites is 1. The zero-order valence-electron chi connectivity index (χ0n) is 20.4. The van der Waals surface area contributed by atoms with E-state index in [0.717, 1.165) is 6.92 Å². The molecular formula is C22H28F2N3O9P. The van der Waals surface area contributed by atoms with E-state index in [9.17, 15) is 28.4 Å². The van der Waals surface area contributed by atoms with Gasteiger partial charge >= 0.3 is 19.4 Å². The maximum Gasteiger partial charge on any atom is 0.459 e. The molecule has 1 fully saturated rings. The van der Waals surface area contributed by atoms with Crippen LogP contribution in [0.25, 0.3) is 0 Å². The van der Waals surface area contributed by atoms with Gasteiger partial charge in [0.15, 0.2) is 11.9 Å². The first-order valence-corrected chi connectivity index (χ1v) is 12.8. The van der Waals surface area contributed by atoms with Crippen LogP contribution in [0.5, 0.6) is 5.75 Å². The highest BCUT2D eigenvalue weighted by Crippen LogP contribution is 2.47. The predicted molar refractivity (Wildman–Crippen MR) is 125 cm³/mol. The number of ether oxygens (including phenoxy) is 2. The van der Waals surface area contributed by atoms with E-state index in [1.807, 2.05) is 0 Å². The molecule has 3 N–H and O–H groups in total. The zero-order chi connectivity index (χ0) is 27.5. The summed E-state index contributed by atoms with van der Waals surface area (Å²) in [6.45, 7) is 4.79. The Kier molecular flexibility index (Phi) is 8.70. The second-order valence-electron chi connectivity index (χ2n) is 8.80. The van der Waals surface area contributed by atoms with Gasteiger partial charge in [-0.05, 0) is 39.8 Å². The maximum absolute atomic E-state index is 15.4. The van der Waals surface area contributed by atoms with Crippen LogP contribution in [0.1, 0.15) is 33.9 Å². The Balaban J connectivity index is 1.82. The number of aromatic amines is 1. The van der Waals surface area contributed by atoms with Crippen LogP contribution in [0.2, 0.25) is 0 Å². The van der Waals surface area contributed by atoms with E-state index >= 15 is 4.39 Å². The number of hydrogen-bond donors (Lipinski definition) is 3. The predicted octanol–water partition coefficient (Wildman–Crippen LogP) is 1.80. The number of aliphatic hydroxyl groups is 1. The van der Waals surface area contributed by atoms with E-state index in [-0.39, 0.29) is 5.75 Å². The van der Waals surface area contributed by atoms with Crippen LogP contribution in [0, 0.1) is 5.82 Å². The molecule has 1 aliphatic heterocycles. The minimum Gasteiger partial charge on any atom is -0.462 e. The molecule has 204 valence electrons. The van der Waals surface area contributed by atoms with Gasteiger partial charge in [0.2, 0.25) is 5.82 Å². The number of alkyl halides is 1. The molecule has 0 saturated carbocycles. The molecule has 2 heterocycles. The molecule has 2 aromatic rings. The minimum absolute atomic E-state index is 0.110. The SMILES string of the molecule is CC(C)OC(=O)[C@@H](C)NP(=O)(OC[C@H]1OC(n2cc(F)c(=O)[nH]c2=O)[C@](C)(F)[C@@H]1O)Oc1ccccc1. The highest BCUT2D eigenvalue weighted by atomic mass is 31.2. The lowest BCUT2D eigenvalue weighted by Gasteiger charge is -2.25. The van der Waals surface area contributed by atoms with Crippen molar-refractivity contribution in [3.63, 3.8) is 0 Å². The molecule has 1 aliphatic rings. The number of esters is 1. The number of nitrogens with one attached hydrogen (secondary N) is 2. The largest absolute Gasteiger partial charge is 0.462 e. The molecule has 37 heavy (non-hydrogen) atoms. The molecule has 0 amide bonds. The highest BCUT2D eigenvalue weighted by Gasteiger charge is 2.56. The topological polar surface area (TPSA) is 158 Å². The van der Waals surface area contributed by atoms with E-state index in [0.29, 0.717) is 10.8 Å². The molecule has 2 unspecified atom stereocenters. The van der Waals surface area contributed by atoms with Crippen LogP contribution in [-0.4, -0.2) is 57.3 Å². The second kappa shape index (κ2) is 11.2. The number of aromatic nitrogens is 2. The number of benzene rings is 1. The van der Waals surface area contributed by atoms with Crippen LogP contribution in [0.3, 0.4) is 0 Å². The van der Waals surface area contributed by atoms with Crippen LogP contribution in [-0.2, 0) is 23.4 Å². The molecule has 0 bridgehead atoms. The molecule has 3 rings (SSSR count). The first-order chi connectivity index (χ1) is 17.2. The quantitative estimate of drug-likeness (QED) is 0.296. The van der Waals surface area contributed by atoms with Gasteiger partial charge in [0.25, 0.3) is 5.56 Å². The van der Waals surface area contributed by atoms with Crippen molar-refractivity contribution >= 4 is 13.7 Å². The number of rotatable bonds is 10. The molecule has 12 nitrogen and oxygen atoms in total. The van der Waals surface area contributed by atoms with E-state index in [4.69, 9.17) is 18.5 Å². The number of nitrogens with zero attached hydrogens (tertiary/aromatic N) is 1. The molecular weight excluding hydrogens is 519 g/mol. The first kappa shape index (κ1) is 28.7. The summed E-state index contributed by atoms with van der Waals surface area (Å²) in [6.07, 6.45) is -5.32. The number of halogens is 2. The summed E-state index contributed by atoms with van der Waals surface area (Å²) >= 11 is 0. The van der Waals surface area contributed by atoms with E-state index in [2.05, 4.69) is 5.09 Å². The average Bonchev–Trinajstić information content (AvgIpc) is 3.03. The summed E-state index contributed by atoms with van der Waals surface area (Å²) in [5.74, 6) is -2.01. The Morgan fingerprint density at radius 2 is 1.95 bits per heavy atom. The summed E-state index contributed by atoms with van der Waals surface area (Å²) in [5, 5.41) is 13.0. The summed E-state index contributed by atoms with van der Waals surface area (Å²) in [5.41, 5.74) is -5.14. The summed E-state index contributed by atoms with van der Waals surface area (Å²) in [6, 6.07) is 6.66. The Morgan fingerprint density at radius 3 is 2.57 bits per heavy atom. The monoisotopic (exact) mass is 547 g/mol. The lowest BCUT2D eigenvalue weighted by molar-refractivity contribution is -0.149. The van der Waals surface area contributed by atoms with Gasteiger partial charge in [-0.15, -0.1) is 0 Å². The molecule has 1 aromatic heterocycles. The second-order valence-corrected chi connectivity index (χ2v) is 10.5. The van der Waals surface area contributed by atoms with Crippen LogP contribution >= 0.6 is 7.75 Å². The van der Waals surface area contributed by atoms with E-state index < -0.39 is 73.6 Å². The third kappa shape index (κ3) is 6.70. The van der Waals surface area contributed by atoms with Crippen LogP contribution in [0.15, 0.2) is 46.1 Å². The van der Waals surface area contributed by atoms with Gasteiger partial charge in [-0.2, -0.15) is 9.48 Å². The molecule has 1 saturated heterocycles. The molecule has 6 atom stereocenters. The van der Waals surface area contributed by atoms with Crippen molar-refractivity contribution in [1.29, 1.82) is 0 Å². The smallest absolute Gasteiger partial charge is 0.459 e. The fourth-order valence-corrected chi connectivity index (χ4v) is 4.99. The third-order valence-electron chi connectivity index (χ3n) is 5.33. The number of aliphatic hydroxyl groups excluding tert-OH is 1. The maximum atomic E-state index is 15.4. The molecule has 1 aromatic carbocycles. The Hall–Kier alpha value is -2.90.